The van der Waals surface area contributed by atoms with Gasteiger partial charge in [-0.3, -0.25) is 0 Å². The van der Waals surface area contributed by atoms with Crippen LogP contribution in [0.2, 0.25) is 0 Å². The minimum Gasteiger partial charge on any atom is -0.496 e. The third-order valence-corrected chi connectivity index (χ3v) is 5.58. The van der Waals surface area contributed by atoms with E-state index in [2.05, 4.69) is 51.1 Å². The summed E-state index contributed by atoms with van der Waals surface area (Å²) >= 11 is 0. The Balaban J connectivity index is 2.26. The van der Waals surface area contributed by atoms with E-state index in [1.165, 1.54) is 11.1 Å². The highest BCUT2D eigenvalue weighted by Crippen LogP contribution is 2.38. The number of hydrogen-bond donors (Lipinski definition) is 1. The molecule has 29 heavy (non-hydrogen) atoms. The molecule has 0 heterocycles. The smallest absolute Gasteiger partial charge is 0.121 e. The summed E-state index contributed by atoms with van der Waals surface area (Å²) in [5, 5.41) is 9.61. The fourth-order valence-electron chi connectivity index (χ4n) is 4.05. The van der Waals surface area contributed by atoms with Crippen molar-refractivity contribution in [3.05, 3.63) is 70.3 Å². The third kappa shape index (κ3) is 4.01. The molecule has 1 radical (unpaired) electrons. The number of benzene rings is 3. The molecule has 0 aliphatic rings. The van der Waals surface area contributed by atoms with E-state index in [-0.39, 0.29) is 6.61 Å². The van der Waals surface area contributed by atoms with Gasteiger partial charge in [0.05, 0.1) is 14.2 Å². The average Bonchev–Trinajstić information content (AvgIpc) is 2.70. The number of aliphatic hydroxyl groups excluding tert-OH is 1. The van der Waals surface area contributed by atoms with Gasteiger partial charge >= 0.3 is 0 Å². The molecule has 3 rings (SSSR count). The molecule has 1 N–H and O–H groups in total. The monoisotopic (exact) mass is 389 g/mol. The van der Waals surface area contributed by atoms with Crippen molar-refractivity contribution < 1.29 is 14.6 Å². The molecule has 0 amide bonds. The van der Waals surface area contributed by atoms with Crippen molar-refractivity contribution in [3.63, 3.8) is 0 Å². The molecular weight excluding hydrogens is 360 g/mol. The molecule has 0 unspecified atom stereocenters. The van der Waals surface area contributed by atoms with Gasteiger partial charge in [-0.2, -0.15) is 0 Å². The molecule has 3 aromatic rings. The Bertz CT molecular complexity index is 1030. The van der Waals surface area contributed by atoms with Gasteiger partial charge in [-0.15, -0.1) is 0 Å². The van der Waals surface area contributed by atoms with E-state index >= 15 is 0 Å². The van der Waals surface area contributed by atoms with Crippen molar-refractivity contribution in [3.8, 4) is 33.8 Å². The van der Waals surface area contributed by atoms with Crippen molar-refractivity contribution in [2.75, 3.05) is 20.8 Å². The Morgan fingerprint density at radius 3 is 1.86 bits per heavy atom. The van der Waals surface area contributed by atoms with Gasteiger partial charge in [0.15, 0.2) is 0 Å². The largest absolute Gasteiger partial charge is 0.496 e. The highest BCUT2D eigenvalue weighted by atomic mass is 16.5. The molecular formula is C26H29O3. The molecule has 3 heteroatoms. The Morgan fingerprint density at radius 1 is 0.793 bits per heavy atom. The standard InChI is InChI=1S/C26H29O3/c1-16-13-21(7-9-24(16)28-5)23-15-20(11-12-27)18(3)26(19(23)4)22-8-10-25(29-6)17(2)14-22/h7-10,13-14,27H,11-12H2,1-6H3. The van der Waals surface area contributed by atoms with Gasteiger partial charge in [-0.1, -0.05) is 12.1 Å². The van der Waals surface area contributed by atoms with Crippen LogP contribution in [0.15, 0.2) is 36.4 Å². The van der Waals surface area contributed by atoms with Gasteiger partial charge in [0.2, 0.25) is 0 Å². The van der Waals surface area contributed by atoms with Gasteiger partial charge in [0.25, 0.3) is 0 Å². The minimum absolute atomic E-state index is 0.0998. The lowest BCUT2D eigenvalue weighted by atomic mass is 9.85. The molecule has 0 saturated carbocycles. The Morgan fingerprint density at radius 2 is 1.34 bits per heavy atom. The first-order chi connectivity index (χ1) is 13.9. The van der Waals surface area contributed by atoms with Crippen molar-refractivity contribution >= 4 is 0 Å². The van der Waals surface area contributed by atoms with Gasteiger partial charge in [0, 0.05) is 6.61 Å². The SMILES string of the molecule is COc1ccc(-c2[c]c(CCO)c(C)c(-c3ccc(OC)c(C)c3)c2C)cc1C. The van der Waals surface area contributed by atoms with Crippen LogP contribution in [0.4, 0.5) is 0 Å². The Hall–Kier alpha value is -2.78. The highest BCUT2D eigenvalue weighted by molar-refractivity contribution is 5.82. The molecule has 0 atom stereocenters. The summed E-state index contributed by atoms with van der Waals surface area (Å²) in [5.41, 5.74) is 10.1. The number of aliphatic hydroxyl groups is 1. The molecule has 3 aromatic carbocycles. The topological polar surface area (TPSA) is 38.7 Å². The molecule has 151 valence electrons. The van der Waals surface area contributed by atoms with Gasteiger partial charge < -0.3 is 14.6 Å². The molecule has 0 aliphatic carbocycles. The second kappa shape index (κ2) is 8.71. The lowest BCUT2D eigenvalue weighted by molar-refractivity contribution is 0.299. The highest BCUT2D eigenvalue weighted by Gasteiger charge is 2.17. The summed E-state index contributed by atoms with van der Waals surface area (Å²) in [6.45, 7) is 8.48. The Labute approximate surface area is 173 Å². The number of aryl methyl sites for hydroxylation is 2. The minimum atomic E-state index is 0.0998. The fourth-order valence-corrected chi connectivity index (χ4v) is 4.05. The van der Waals surface area contributed by atoms with E-state index in [4.69, 9.17) is 9.47 Å². The fraction of sp³-hybridized carbons (Fsp3) is 0.308. The lowest BCUT2D eigenvalue weighted by Crippen LogP contribution is -2.02. The number of ether oxygens (including phenoxy) is 2. The molecule has 0 spiro atoms. The van der Waals surface area contributed by atoms with Crippen LogP contribution in [-0.2, 0) is 6.42 Å². The van der Waals surface area contributed by atoms with Crippen LogP contribution in [0, 0.1) is 33.8 Å². The van der Waals surface area contributed by atoms with Crippen molar-refractivity contribution in [2.45, 2.75) is 34.1 Å². The summed E-state index contributed by atoms with van der Waals surface area (Å²) in [6, 6.07) is 16.1. The molecule has 0 fully saturated rings. The van der Waals surface area contributed by atoms with E-state index in [1.807, 2.05) is 19.1 Å². The maximum atomic E-state index is 9.61. The van der Waals surface area contributed by atoms with E-state index in [1.54, 1.807) is 14.2 Å². The lowest BCUT2D eigenvalue weighted by Gasteiger charge is -2.20. The maximum Gasteiger partial charge on any atom is 0.121 e. The zero-order chi connectivity index (χ0) is 21.1. The molecule has 0 aliphatic heterocycles. The van der Waals surface area contributed by atoms with Crippen LogP contribution < -0.4 is 9.47 Å². The number of methoxy groups -OCH3 is 2. The summed E-state index contributed by atoms with van der Waals surface area (Å²) in [4.78, 5) is 0. The van der Waals surface area contributed by atoms with E-state index in [0.717, 1.165) is 50.4 Å². The normalized spacial score (nSPS) is 10.9. The summed E-state index contributed by atoms with van der Waals surface area (Å²) in [5.74, 6) is 1.76. The number of hydrogen-bond acceptors (Lipinski definition) is 3. The predicted molar refractivity (Wildman–Crippen MR) is 119 cm³/mol. The summed E-state index contributed by atoms with van der Waals surface area (Å²) in [7, 11) is 3.38. The second-order valence-electron chi connectivity index (χ2n) is 7.45. The first kappa shape index (κ1) is 20.9. The van der Waals surface area contributed by atoms with Crippen LogP contribution in [0.3, 0.4) is 0 Å². The van der Waals surface area contributed by atoms with E-state index in [9.17, 15) is 5.11 Å². The number of rotatable bonds is 6. The zero-order valence-electron chi connectivity index (χ0n) is 18.1. The van der Waals surface area contributed by atoms with Crippen LogP contribution >= 0.6 is 0 Å². The van der Waals surface area contributed by atoms with Gasteiger partial charge in [0.1, 0.15) is 11.5 Å². The van der Waals surface area contributed by atoms with Crippen LogP contribution in [0.5, 0.6) is 11.5 Å². The molecule has 0 aromatic heterocycles. The first-order valence-electron chi connectivity index (χ1n) is 9.87. The van der Waals surface area contributed by atoms with E-state index < -0.39 is 0 Å². The quantitative estimate of drug-likeness (QED) is 0.596. The second-order valence-corrected chi connectivity index (χ2v) is 7.45. The molecule has 3 nitrogen and oxygen atoms in total. The van der Waals surface area contributed by atoms with Crippen LogP contribution in [-0.4, -0.2) is 25.9 Å². The van der Waals surface area contributed by atoms with Crippen molar-refractivity contribution in [1.82, 2.24) is 0 Å². The first-order valence-corrected chi connectivity index (χ1v) is 9.87. The van der Waals surface area contributed by atoms with Crippen molar-refractivity contribution in [1.29, 1.82) is 0 Å². The van der Waals surface area contributed by atoms with Gasteiger partial charge in [-0.05, 0) is 115 Å². The third-order valence-electron chi connectivity index (χ3n) is 5.58. The summed E-state index contributed by atoms with van der Waals surface area (Å²) in [6.07, 6.45) is 0.580. The maximum absolute atomic E-state index is 9.61. The Kier molecular flexibility index (Phi) is 6.29. The van der Waals surface area contributed by atoms with Gasteiger partial charge in [-0.25, -0.2) is 0 Å². The van der Waals surface area contributed by atoms with Crippen molar-refractivity contribution in [2.24, 2.45) is 0 Å². The summed E-state index contributed by atoms with van der Waals surface area (Å²) < 4.78 is 10.9. The van der Waals surface area contributed by atoms with E-state index in [0.29, 0.717) is 6.42 Å². The average molecular weight is 390 g/mol. The zero-order valence-corrected chi connectivity index (χ0v) is 18.1. The van der Waals surface area contributed by atoms with Crippen LogP contribution in [0.25, 0.3) is 22.3 Å². The molecule has 0 saturated heterocycles. The molecule has 0 bridgehead atoms. The van der Waals surface area contributed by atoms with Crippen LogP contribution in [0.1, 0.15) is 27.8 Å². The predicted octanol–water partition coefficient (Wildman–Crippen LogP) is 5.61.